The molecule has 1 heterocycles. The average molecular weight is 421 g/mol. The first kappa shape index (κ1) is 20.0. The van der Waals surface area contributed by atoms with Crippen molar-refractivity contribution in [3.63, 3.8) is 0 Å². The van der Waals surface area contributed by atoms with Gasteiger partial charge in [-0.1, -0.05) is 69.3 Å². The van der Waals surface area contributed by atoms with E-state index in [4.69, 9.17) is 9.40 Å². The Morgan fingerprint density at radius 2 is 1.66 bits per heavy atom. The number of aromatic nitrogens is 1. The molecule has 5 aromatic rings. The van der Waals surface area contributed by atoms with Crippen LogP contribution in [0.25, 0.3) is 33.3 Å². The fourth-order valence-electron chi connectivity index (χ4n) is 3.84. The van der Waals surface area contributed by atoms with Gasteiger partial charge < -0.3 is 9.73 Å². The molecule has 0 fully saturated rings. The zero-order chi connectivity index (χ0) is 22.3. The number of rotatable bonds is 3. The van der Waals surface area contributed by atoms with Gasteiger partial charge in [-0.25, -0.2) is 4.98 Å². The molecule has 0 radical (unpaired) electrons. The van der Waals surface area contributed by atoms with Crippen molar-refractivity contribution >= 4 is 33.5 Å². The van der Waals surface area contributed by atoms with Crippen LogP contribution in [0, 0.1) is 0 Å². The SMILES string of the molecule is CC(C)(C)c1ccc(C(=O)Nc2cccc(-c3nc4c(ccc5ccccc54)o3)c2)cc1. The Labute approximate surface area is 186 Å². The number of nitrogens with one attached hydrogen (secondary N) is 1. The molecule has 4 aromatic carbocycles. The van der Waals surface area contributed by atoms with E-state index in [1.54, 1.807) is 0 Å². The second-order valence-electron chi connectivity index (χ2n) is 9.01. The third-order valence-electron chi connectivity index (χ3n) is 5.66. The van der Waals surface area contributed by atoms with Crippen molar-refractivity contribution in [3.05, 3.63) is 96.1 Å². The molecule has 0 aliphatic heterocycles. The monoisotopic (exact) mass is 420 g/mol. The van der Waals surface area contributed by atoms with Crippen LogP contribution >= 0.6 is 0 Å². The van der Waals surface area contributed by atoms with Crippen molar-refractivity contribution in [1.82, 2.24) is 4.98 Å². The number of nitrogens with zero attached hydrogens (tertiary/aromatic N) is 1. The Morgan fingerprint density at radius 1 is 0.875 bits per heavy atom. The molecule has 0 atom stereocenters. The minimum Gasteiger partial charge on any atom is -0.436 e. The maximum atomic E-state index is 12.8. The molecule has 4 heteroatoms. The summed E-state index contributed by atoms with van der Waals surface area (Å²) in [6.07, 6.45) is 0. The first-order valence-electron chi connectivity index (χ1n) is 10.7. The van der Waals surface area contributed by atoms with Gasteiger partial charge in [-0.2, -0.15) is 0 Å². The molecule has 0 aliphatic rings. The van der Waals surface area contributed by atoms with Crippen LogP contribution in [0.15, 0.2) is 89.3 Å². The molecular formula is C28H24N2O2. The molecule has 0 unspecified atom stereocenters. The summed E-state index contributed by atoms with van der Waals surface area (Å²) in [5.41, 5.74) is 4.95. The van der Waals surface area contributed by atoms with E-state index in [0.29, 0.717) is 17.1 Å². The van der Waals surface area contributed by atoms with Crippen molar-refractivity contribution < 1.29 is 9.21 Å². The zero-order valence-corrected chi connectivity index (χ0v) is 18.3. The summed E-state index contributed by atoms with van der Waals surface area (Å²) in [6, 6.07) is 27.4. The van der Waals surface area contributed by atoms with Gasteiger partial charge in [0, 0.05) is 22.2 Å². The maximum absolute atomic E-state index is 12.8. The largest absolute Gasteiger partial charge is 0.436 e. The first-order chi connectivity index (χ1) is 15.4. The number of fused-ring (bicyclic) bond motifs is 3. The molecule has 1 amide bonds. The summed E-state index contributed by atoms with van der Waals surface area (Å²) < 4.78 is 6.03. The second kappa shape index (κ2) is 7.65. The van der Waals surface area contributed by atoms with Gasteiger partial charge in [0.15, 0.2) is 5.58 Å². The maximum Gasteiger partial charge on any atom is 0.255 e. The van der Waals surface area contributed by atoms with E-state index in [9.17, 15) is 4.79 Å². The van der Waals surface area contributed by atoms with E-state index in [2.05, 4.69) is 32.2 Å². The third-order valence-corrected chi connectivity index (χ3v) is 5.66. The van der Waals surface area contributed by atoms with Gasteiger partial charge in [-0.15, -0.1) is 0 Å². The molecular weight excluding hydrogens is 396 g/mol. The number of anilines is 1. The van der Waals surface area contributed by atoms with E-state index in [1.165, 1.54) is 5.56 Å². The van der Waals surface area contributed by atoms with Crippen molar-refractivity contribution in [1.29, 1.82) is 0 Å². The lowest BCUT2D eigenvalue weighted by Gasteiger charge is -2.19. The number of amides is 1. The zero-order valence-electron chi connectivity index (χ0n) is 18.3. The molecule has 0 bridgehead atoms. The second-order valence-corrected chi connectivity index (χ2v) is 9.01. The summed E-state index contributed by atoms with van der Waals surface area (Å²) in [5, 5.41) is 5.16. The Kier molecular flexibility index (Phi) is 4.78. The lowest BCUT2D eigenvalue weighted by Crippen LogP contribution is -2.14. The smallest absolute Gasteiger partial charge is 0.255 e. The molecule has 0 saturated heterocycles. The number of hydrogen-bond acceptors (Lipinski definition) is 3. The number of oxazole rings is 1. The standard InChI is InChI=1S/C28H24N2O2/c1-28(2,3)21-14-11-19(12-15-21)26(31)29-22-9-6-8-20(17-22)27-30-25-23-10-5-4-7-18(23)13-16-24(25)32-27/h4-17H,1-3H3,(H,29,31). The van der Waals surface area contributed by atoms with E-state index in [-0.39, 0.29) is 11.3 Å². The van der Waals surface area contributed by atoms with E-state index < -0.39 is 0 Å². The van der Waals surface area contributed by atoms with Crippen LogP contribution < -0.4 is 5.32 Å². The van der Waals surface area contributed by atoms with Crippen molar-refractivity contribution in [2.45, 2.75) is 26.2 Å². The van der Waals surface area contributed by atoms with Gasteiger partial charge in [-0.3, -0.25) is 4.79 Å². The molecule has 0 aliphatic carbocycles. The van der Waals surface area contributed by atoms with Crippen LogP contribution in [0.5, 0.6) is 0 Å². The molecule has 1 N–H and O–H groups in total. The Hall–Kier alpha value is -3.92. The molecule has 5 rings (SSSR count). The fraction of sp³-hybridized carbons (Fsp3) is 0.143. The number of hydrogen-bond donors (Lipinski definition) is 1. The predicted octanol–water partition coefficient (Wildman–Crippen LogP) is 7.20. The predicted molar refractivity (Wildman–Crippen MR) is 130 cm³/mol. The van der Waals surface area contributed by atoms with Crippen molar-refractivity contribution in [2.24, 2.45) is 0 Å². The van der Waals surface area contributed by atoms with Crippen LogP contribution in [0.3, 0.4) is 0 Å². The van der Waals surface area contributed by atoms with Crippen LogP contribution in [-0.4, -0.2) is 10.9 Å². The molecule has 4 nitrogen and oxygen atoms in total. The highest BCUT2D eigenvalue weighted by atomic mass is 16.3. The molecule has 1 aromatic heterocycles. The number of carbonyl (C=O) groups is 1. The van der Waals surface area contributed by atoms with Crippen LogP contribution in [0.1, 0.15) is 36.7 Å². The van der Waals surface area contributed by atoms with Crippen LogP contribution in [0.2, 0.25) is 0 Å². The summed E-state index contributed by atoms with van der Waals surface area (Å²) >= 11 is 0. The summed E-state index contributed by atoms with van der Waals surface area (Å²) in [7, 11) is 0. The van der Waals surface area contributed by atoms with Crippen LogP contribution in [-0.2, 0) is 5.41 Å². The quantitative estimate of drug-likeness (QED) is 0.336. The average Bonchev–Trinajstić information content (AvgIpc) is 3.24. The molecule has 32 heavy (non-hydrogen) atoms. The molecule has 0 spiro atoms. The Bertz CT molecular complexity index is 1440. The summed E-state index contributed by atoms with van der Waals surface area (Å²) in [4.78, 5) is 17.5. The van der Waals surface area contributed by atoms with E-state index in [1.807, 2.05) is 78.9 Å². The summed E-state index contributed by atoms with van der Waals surface area (Å²) in [6.45, 7) is 6.47. The van der Waals surface area contributed by atoms with E-state index >= 15 is 0 Å². The van der Waals surface area contributed by atoms with Gasteiger partial charge in [0.25, 0.3) is 5.91 Å². The highest BCUT2D eigenvalue weighted by Gasteiger charge is 2.15. The highest BCUT2D eigenvalue weighted by Crippen LogP contribution is 2.30. The Morgan fingerprint density at radius 3 is 2.44 bits per heavy atom. The van der Waals surface area contributed by atoms with Gasteiger partial charge >= 0.3 is 0 Å². The van der Waals surface area contributed by atoms with Gasteiger partial charge in [0.2, 0.25) is 5.89 Å². The summed E-state index contributed by atoms with van der Waals surface area (Å²) in [5.74, 6) is 0.383. The minimum atomic E-state index is -0.147. The topological polar surface area (TPSA) is 55.1 Å². The van der Waals surface area contributed by atoms with Gasteiger partial charge in [0.1, 0.15) is 5.52 Å². The number of benzene rings is 4. The lowest BCUT2D eigenvalue weighted by molar-refractivity contribution is 0.102. The molecule has 158 valence electrons. The minimum absolute atomic E-state index is 0.0498. The van der Waals surface area contributed by atoms with Crippen molar-refractivity contribution in [2.75, 3.05) is 5.32 Å². The first-order valence-corrected chi connectivity index (χ1v) is 10.7. The van der Waals surface area contributed by atoms with Gasteiger partial charge in [-0.05, 0) is 52.8 Å². The van der Waals surface area contributed by atoms with E-state index in [0.717, 1.165) is 27.4 Å². The van der Waals surface area contributed by atoms with Gasteiger partial charge in [0.05, 0.1) is 0 Å². The Balaban J connectivity index is 1.42. The molecule has 0 saturated carbocycles. The normalized spacial score (nSPS) is 11.7. The lowest BCUT2D eigenvalue weighted by atomic mass is 9.87. The van der Waals surface area contributed by atoms with Crippen LogP contribution in [0.4, 0.5) is 5.69 Å². The highest BCUT2D eigenvalue weighted by molar-refractivity contribution is 6.05. The van der Waals surface area contributed by atoms with Crippen molar-refractivity contribution in [3.8, 4) is 11.5 Å². The fourth-order valence-corrected chi connectivity index (χ4v) is 3.84. The third kappa shape index (κ3) is 3.76. The number of carbonyl (C=O) groups excluding carboxylic acids is 1.